The van der Waals surface area contributed by atoms with Crippen LogP contribution >= 0.6 is 35.8 Å². The number of fused-ring (bicyclic) bond motifs is 1. The summed E-state index contributed by atoms with van der Waals surface area (Å²) < 4.78 is 0. The smallest absolute Gasteiger partial charge is 0.0738 e. The van der Waals surface area contributed by atoms with Crippen LogP contribution < -0.4 is 0 Å². The van der Waals surface area contributed by atoms with Crippen LogP contribution in [0.3, 0.4) is 0 Å². The number of hydrogen-bond acceptors (Lipinski definition) is 2. The third-order valence-corrected chi connectivity index (χ3v) is 3.55. The first kappa shape index (κ1) is 13.0. The van der Waals surface area contributed by atoms with Crippen LogP contribution in [0.15, 0.2) is 18.2 Å². The molecular weight excluding hydrogens is 273 g/mol. The van der Waals surface area contributed by atoms with Gasteiger partial charge in [0.15, 0.2) is 0 Å². The highest BCUT2D eigenvalue weighted by molar-refractivity contribution is 7.79. The molecule has 4 heteroatoms. The van der Waals surface area contributed by atoms with Gasteiger partial charge in [-0.05, 0) is 29.7 Å². The van der Waals surface area contributed by atoms with E-state index in [-0.39, 0.29) is 0 Å². The Morgan fingerprint density at radius 1 is 1.24 bits per heavy atom. The van der Waals surface area contributed by atoms with Gasteiger partial charge in [-0.15, -0.1) is 0 Å². The maximum atomic E-state index is 6.22. The Balaban J connectivity index is 2.82. The summed E-state index contributed by atoms with van der Waals surface area (Å²) in [6.45, 7) is 4.23. The van der Waals surface area contributed by atoms with E-state index in [4.69, 9.17) is 23.2 Å². The van der Waals surface area contributed by atoms with E-state index in [0.717, 1.165) is 22.2 Å². The van der Waals surface area contributed by atoms with E-state index in [1.807, 2.05) is 6.07 Å². The van der Waals surface area contributed by atoms with Crippen molar-refractivity contribution >= 4 is 46.7 Å². The normalized spacial score (nSPS) is 11.4. The molecule has 0 fully saturated rings. The van der Waals surface area contributed by atoms with Crippen LogP contribution in [0.5, 0.6) is 0 Å². The highest BCUT2D eigenvalue weighted by atomic mass is 35.5. The Morgan fingerprint density at radius 3 is 2.53 bits per heavy atom. The predicted octanol–water partition coefficient (Wildman–Crippen LogP) is 5.09. The lowest BCUT2D eigenvalue weighted by atomic mass is 10.0. The minimum absolute atomic E-state index is 0.371. The molecule has 0 aliphatic rings. The predicted molar refractivity (Wildman–Crippen MR) is 78.5 cm³/mol. The van der Waals surface area contributed by atoms with Gasteiger partial charge in [-0.3, -0.25) is 4.98 Å². The number of rotatable bonds is 2. The monoisotopic (exact) mass is 285 g/mol. The Bertz CT molecular complexity index is 567. The summed E-state index contributed by atoms with van der Waals surface area (Å²) in [7, 11) is 0. The highest BCUT2D eigenvalue weighted by Crippen LogP contribution is 2.32. The van der Waals surface area contributed by atoms with Gasteiger partial charge in [0.2, 0.25) is 0 Å². The van der Waals surface area contributed by atoms with Gasteiger partial charge in [-0.2, -0.15) is 12.6 Å². The van der Waals surface area contributed by atoms with Crippen LogP contribution in [0.1, 0.15) is 31.0 Å². The summed E-state index contributed by atoms with van der Waals surface area (Å²) in [6.07, 6.45) is 0. The Hall–Kier alpha value is -0.440. The van der Waals surface area contributed by atoms with Crippen molar-refractivity contribution in [1.29, 1.82) is 0 Å². The Morgan fingerprint density at radius 2 is 1.94 bits per heavy atom. The van der Waals surface area contributed by atoms with E-state index >= 15 is 0 Å². The van der Waals surface area contributed by atoms with Crippen LogP contribution in [-0.2, 0) is 5.75 Å². The molecule has 1 aromatic carbocycles. The molecule has 0 atom stereocenters. The number of halogens is 2. The molecule has 1 aromatic heterocycles. The van der Waals surface area contributed by atoms with Crippen LogP contribution in [0, 0.1) is 0 Å². The molecule has 0 saturated heterocycles. The summed E-state index contributed by atoms with van der Waals surface area (Å²) in [4.78, 5) is 4.60. The van der Waals surface area contributed by atoms with Gasteiger partial charge in [0.05, 0.1) is 10.5 Å². The fourth-order valence-corrected chi connectivity index (χ4v) is 2.66. The fraction of sp³-hybridized carbons (Fsp3) is 0.308. The third-order valence-electron chi connectivity index (χ3n) is 2.69. The number of pyridine rings is 1. The molecule has 1 heterocycles. The molecule has 0 aliphatic heterocycles. The van der Waals surface area contributed by atoms with Crippen LogP contribution in [0.4, 0.5) is 0 Å². The first-order valence-corrected chi connectivity index (χ1v) is 6.81. The van der Waals surface area contributed by atoms with Gasteiger partial charge < -0.3 is 0 Å². The number of aromatic nitrogens is 1. The van der Waals surface area contributed by atoms with Crippen molar-refractivity contribution in [3.05, 3.63) is 39.5 Å². The number of thiol groups is 1. The molecular formula is C13H13Cl2NS. The van der Waals surface area contributed by atoms with Crippen molar-refractivity contribution in [2.45, 2.75) is 25.5 Å². The third kappa shape index (κ3) is 2.54. The molecule has 0 bridgehead atoms. The zero-order valence-electron chi connectivity index (χ0n) is 9.67. The van der Waals surface area contributed by atoms with Crippen LogP contribution in [0.25, 0.3) is 10.9 Å². The average molecular weight is 286 g/mol. The second-order valence-electron chi connectivity index (χ2n) is 4.30. The van der Waals surface area contributed by atoms with E-state index < -0.39 is 0 Å². The molecule has 1 nitrogen and oxygen atoms in total. The van der Waals surface area contributed by atoms with Gasteiger partial charge in [-0.25, -0.2) is 0 Å². The van der Waals surface area contributed by atoms with E-state index in [9.17, 15) is 0 Å². The summed E-state index contributed by atoms with van der Waals surface area (Å²) in [5.41, 5.74) is 2.99. The maximum absolute atomic E-state index is 6.22. The lowest BCUT2D eigenvalue weighted by Crippen LogP contribution is -1.97. The van der Waals surface area contributed by atoms with Crippen molar-refractivity contribution in [2.75, 3.05) is 0 Å². The van der Waals surface area contributed by atoms with Crippen molar-refractivity contribution < 1.29 is 0 Å². The van der Waals surface area contributed by atoms with Gasteiger partial charge in [0.25, 0.3) is 0 Å². The topological polar surface area (TPSA) is 12.9 Å². The molecule has 0 saturated carbocycles. The van der Waals surface area contributed by atoms with Crippen molar-refractivity contribution in [2.24, 2.45) is 0 Å². The van der Waals surface area contributed by atoms with Gasteiger partial charge in [0.1, 0.15) is 0 Å². The zero-order chi connectivity index (χ0) is 12.6. The van der Waals surface area contributed by atoms with E-state index in [2.05, 4.69) is 37.5 Å². The lowest BCUT2D eigenvalue weighted by Gasteiger charge is -2.11. The second-order valence-corrected chi connectivity index (χ2v) is 5.46. The van der Waals surface area contributed by atoms with Crippen molar-refractivity contribution in [3.63, 3.8) is 0 Å². The van der Waals surface area contributed by atoms with Gasteiger partial charge >= 0.3 is 0 Å². The van der Waals surface area contributed by atoms with Gasteiger partial charge in [0, 0.05) is 21.9 Å². The van der Waals surface area contributed by atoms with Crippen molar-refractivity contribution in [1.82, 2.24) is 4.98 Å². The summed E-state index contributed by atoms with van der Waals surface area (Å²) in [5, 5.41) is 2.20. The van der Waals surface area contributed by atoms with Crippen molar-refractivity contribution in [3.8, 4) is 0 Å². The number of hydrogen-bond donors (Lipinski definition) is 1. The Labute approximate surface area is 117 Å². The average Bonchev–Trinajstić information content (AvgIpc) is 2.26. The minimum Gasteiger partial charge on any atom is -0.252 e. The Kier molecular flexibility index (Phi) is 3.86. The summed E-state index contributed by atoms with van der Waals surface area (Å²) in [5.74, 6) is 1.01. The standard InChI is InChI=1S/C13H13Cl2NS/c1-7(2)11-3-8(6-17)13-10(15)4-9(14)5-12(13)16-11/h3-5,7,17H,6H2,1-2H3. The number of benzene rings is 1. The minimum atomic E-state index is 0.371. The molecule has 2 rings (SSSR count). The first-order chi connectivity index (χ1) is 8.02. The quantitative estimate of drug-likeness (QED) is 0.758. The first-order valence-electron chi connectivity index (χ1n) is 5.42. The molecule has 17 heavy (non-hydrogen) atoms. The zero-order valence-corrected chi connectivity index (χ0v) is 12.1. The molecule has 0 aliphatic carbocycles. The molecule has 0 radical (unpaired) electrons. The second kappa shape index (κ2) is 5.05. The molecule has 90 valence electrons. The summed E-state index contributed by atoms with van der Waals surface area (Å²) >= 11 is 16.6. The molecule has 0 spiro atoms. The van der Waals surface area contributed by atoms with Crippen LogP contribution in [0.2, 0.25) is 10.0 Å². The lowest BCUT2D eigenvalue weighted by molar-refractivity contribution is 0.828. The van der Waals surface area contributed by atoms with Crippen LogP contribution in [-0.4, -0.2) is 4.98 Å². The SMILES string of the molecule is CC(C)c1cc(CS)c2c(Cl)cc(Cl)cc2n1. The van der Waals surface area contributed by atoms with Gasteiger partial charge in [-0.1, -0.05) is 37.0 Å². The maximum Gasteiger partial charge on any atom is 0.0738 e. The van der Waals surface area contributed by atoms with E-state index in [1.54, 1.807) is 6.07 Å². The van der Waals surface area contributed by atoms with E-state index in [1.165, 1.54) is 0 Å². The summed E-state index contributed by atoms with van der Waals surface area (Å²) in [6, 6.07) is 5.66. The van der Waals surface area contributed by atoms with E-state index in [0.29, 0.717) is 21.7 Å². The number of nitrogens with zero attached hydrogens (tertiary/aromatic N) is 1. The highest BCUT2D eigenvalue weighted by Gasteiger charge is 2.11. The molecule has 0 N–H and O–H groups in total. The molecule has 2 aromatic rings. The molecule has 0 amide bonds. The largest absolute Gasteiger partial charge is 0.252 e. The fourth-order valence-electron chi connectivity index (χ4n) is 1.81. The molecule has 0 unspecified atom stereocenters.